The molecule has 0 aromatic heterocycles. The van der Waals surface area contributed by atoms with Gasteiger partial charge >= 0.3 is 5.97 Å². The van der Waals surface area contributed by atoms with Crippen LogP contribution in [-0.4, -0.2) is 76.7 Å². The van der Waals surface area contributed by atoms with Gasteiger partial charge in [-0.15, -0.1) is 13.2 Å². The number of esters is 1. The molecule has 0 radical (unpaired) electrons. The van der Waals surface area contributed by atoms with Crippen LogP contribution < -0.4 is 4.90 Å². The molecule has 8 nitrogen and oxygen atoms in total. The number of likely N-dealkylation sites (tertiary alicyclic amines) is 1. The molecular formula is C27H32BrClN2O6. The number of carbonyl (C=O) groups is 3. The minimum Gasteiger partial charge on any atom is -0.465 e. The van der Waals surface area contributed by atoms with Crippen molar-refractivity contribution in [1.82, 2.24) is 4.90 Å². The van der Waals surface area contributed by atoms with Gasteiger partial charge in [-0.3, -0.25) is 14.4 Å². The molecule has 2 amide bonds. The van der Waals surface area contributed by atoms with Gasteiger partial charge in [0, 0.05) is 17.9 Å². The standard InChI is InChI=1S/C27H32BrClN2O6/c1-3-5-6-9-15-36-26(35)20-21-24(33)31(13-14-32)23(27(21)16-17(28)22(20)37-27)25(34)30(12-4-2)19-11-8-7-10-18(19)29/h3-4,7-8,10-11,17,20-23,32H,1-2,5-6,9,12-16H2/t17?,20-,21-,22-,23?,27?/m0/s1. The molecule has 0 saturated carbocycles. The zero-order valence-corrected chi connectivity index (χ0v) is 22.9. The highest BCUT2D eigenvalue weighted by Gasteiger charge is 2.77. The molecule has 1 aromatic carbocycles. The number of carbonyl (C=O) groups excluding carboxylic acids is 3. The first-order valence-corrected chi connectivity index (χ1v) is 13.8. The van der Waals surface area contributed by atoms with Gasteiger partial charge in [-0.1, -0.05) is 51.8 Å². The van der Waals surface area contributed by atoms with E-state index in [9.17, 15) is 19.5 Å². The Morgan fingerprint density at radius 2 is 2.05 bits per heavy atom. The van der Waals surface area contributed by atoms with Gasteiger partial charge in [0.1, 0.15) is 11.6 Å². The lowest BCUT2D eigenvalue weighted by atomic mass is 9.70. The highest BCUT2D eigenvalue weighted by molar-refractivity contribution is 9.09. The molecule has 37 heavy (non-hydrogen) atoms. The first-order valence-electron chi connectivity index (χ1n) is 12.5. The molecule has 2 bridgehead atoms. The van der Waals surface area contributed by atoms with Gasteiger partial charge in [-0.05, 0) is 37.8 Å². The van der Waals surface area contributed by atoms with Crippen LogP contribution in [0.5, 0.6) is 0 Å². The minimum absolute atomic E-state index is 0.0672. The summed E-state index contributed by atoms with van der Waals surface area (Å²) in [6.45, 7) is 7.45. The van der Waals surface area contributed by atoms with Crippen molar-refractivity contribution in [3.8, 4) is 0 Å². The van der Waals surface area contributed by atoms with Crippen molar-refractivity contribution in [3.05, 3.63) is 54.6 Å². The van der Waals surface area contributed by atoms with Crippen molar-refractivity contribution in [2.24, 2.45) is 11.8 Å². The summed E-state index contributed by atoms with van der Waals surface area (Å²) in [5.41, 5.74) is -0.765. The Labute approximate surface area is 230 Å². The summed E-state index contributed by atoms with van der Waals surface area (Å²) in [5, 5.41) is 10.2. The predicted molar refractivity (Wildman–Crippen MR) is 144 cm³/mol. The van der Waals surface area contributed by atoms with E-state index in [0.717, 1.165) is 12.8 Å². The van der Waals surface area contributed by atoms with Crippen molar-refractivity contribution in [1.29, 1.82) is 0 Å². The average molecular weight is 596 g/mol. The SMILES string of the molecule is C=CCCCCOC(=O)[C@H]1[C@H]2C(=O)N(CCO)C(C(=O)N(CC=C)c3ccccc3Cl)C23CC(Br)[C@@H]1O3. The van der Waals surface area contributed by atoms with E-state index in [-0.39, 0.29) is 37.0 Å². The second kappa shape index (κ2) is 11.7. The maximum absolute atomic E-state index is 14.2. The number of unbranched alkanes of at least 4 members (excludes halogenated alkanes) is 2. The molecule has 0 aliphatic carbocycles. The third-order valence-electron chi connectivity index (χ3n) is 7.40. The second-order valence-electron chi connectivity index (χ2n) is 9.56. The quantitative estimate of drug-likeness (QED) is 0.172. The normalized spacial score (nSPS) is 29.8. The number of anilines is 1. The van der Waals surface area contributed by atoms with Gasteiger partial charge in [0.25, 0.3) is 5.91 Å². The Morgan fingerprint density at radius 1 is 1.30 bits per heavy atom. The molecular weight excluding hydrogens is 564 g/mol. The van der Waals surface area contributed by atoms with E-state index in [0.29, 0.717) is 23.6 Å². The predicted octanol–water partition coefficient (Wildman–Crippen LogP) is 3.50. The zero-order valence-electron chi connectivity index (χ0n) is 20.6. The third-order valence-corrected chi connectivity index (χ3v) is 8.57. The van der Waals surface area contributed by atoms with Crippen LogP contribution >= 0.6 is 27.5 Å². The van der Waals surface area contributed by atoms with Crippen molar-refractivity contribution in [3.63, 3.8) is 0 Å². The van der Waals surface area contributed by atoms with Crippen LogP contribution in [0.3, 0.4) is 0 Å². The fraction of sp³-hybridized carbons (Fsp3) is 0.519. The monoisotopic (exact) mass is 594 g/mol. The highest BCUT2D eigenvalue weighted by atomic mass is 79.9. The van der Waals surface area contributed by atoms with Crippen LogP contribution in [0, 0.1) is 11.8 Å². The number of nitrogens with zero attached hydrogens (tertiary/aromatic N) is 2. The van der Waals surface area contributed by atoms with Crippen molar-refractivity contribution in [2.75, 3.05) is 31.2 Å². The molecule has 4 rings (SSSR count). The van der Waals surface area contributed by atoms with Crippen molar-refractivity contribution < 1.29 is 29.0 Å². The van der Waals surface area contributed by atoms with Crippen LogP contribution in [0.4, 0.5) is 5.69 Å². The number of aliphatic hydroxyl groups excluding tert-OH is 1. The number of ether oxygens (including phenoxy) is 2. The van der Waals surface area contributed by atoms with Gasteiger partial charge in [-0.2, -0.15) is 0 Å². The van der Waals surface area contributed by atoms with Crippen molar-refractivity contribution in [2.45, 2.75) is 48.3 Å². The van der Waals surface area contributed by atoms with E-state index < -0.39 is 41.5 Å². The summed E-state index contributed by atoms with van der Waals surface area (Å²) < 4.78 is 12.0. The molecule has 200 valence electrons. The Kier molecular flexibility index (Phi) is 8.78. The first-order chi connectivity index (χ1) is 17.8. The number of hydrogen-bond donors (Lipinski definition) is 1. The maximum atomic E-state index is 14.2. The fourth-order valence-electron chi connectivity index (χ4n) is 5.94. The molecule has 3 saturated heterocycles. The largest absolute Gasteiger partial charge is 0.465 e. The summed E-state index contributed by atoms with van der Waals surface area (Å²) >= 11 is 10.1. The van der Waals surface area contributed by atoms with E-state index in [1.807, 2.05) is 6.08 Å². The summed E-state index contributed by atoms with van der Waals surface area (Å²) in [4.78, 5) is 43.8. The Balaban J connectivity index is 1.68. The maximum Gasteiger partial charge on any atom is 0.312 e. The molecule has 1 N–H and O–H groups in total. The average Bonchev–Trinajstić information content (AvgIpc) is 3.46. The summed E-state index contributed by atoms with van der Waals surface area (Å²) in [6.07, 6.45) is 5.51. The van der Waals surface area contributed by atoms with Gasteiger partial charge in [-0.25, -0.2) is 0 Å². The van der Waals surface area contributed by atoms with Crippen LogP contribution in [-0.2, 0) is 23.9 Å². The topological polar surface area (TPSA) is 96.4 Å². The fourth-order valence-corrected chi connectivity index (χ4v) is 7.12. The number of aliphatic hydroxyl groups is 1. The minimum atomic E-state index is -1.24. The highest BCUT2D eigenvalue weighted by Crippen LogP contribution is 2.60. The number of rotatable bonds is 12. The Hall–Kier alpha value is -2.20. The molecule has 1 spiro atoms. The van der Waals surface area contributed by atoms with Crippen LogP contribution in [0.1, 0.15) is 25.7 Å². The molecule has 3 fully saturated rings. The lowest BCUT2D eigenvalue weighted by molar-refractivity contribution is -0.155. The number of hydrogen-bond acceptors (Lipinski definition) is 6. The molecule has 6 atom stereocenters. The number of benzene rings is 1. The summed E-state index contributed by atoms with van der Waals surface area (Å²) in [5.74, 6) is -3.03. The molecule has 3 aliphatic heterocycles. The third kappa shape index (κ3) is 4.87. The first kappa shape index (κ1) is 27.8. The van der Waals surface area contributed by atoms with Gasteiger partial charge in [0.2, 0.25) is 5.91 Å². The number of amides is 2. The number of para-hydroxylation sites is 1. The number of alkyl halides is 1. The Bertz CT molecular complexity index is 1070. The molecule has 10 heteroatoms. The van der Waals surface area contributed by atoms with E-state index in [1.54, 1.807) is 30.3 Å². The smallest absolute Gasteiger partial charge is 0.312 e. The van der Waals surface area contributed by atoms with Crippen LogP contribution in [0.25, 0.3) is 0 Å². The molecule has 1 aromatic rings. The second-order valence-corrected chi connectivity index (χ2v) is 11.1. The number of allylic oxidation sites excluding steroid dienone is 1. The summed E-state index contributed by atoms with van der Waals surface area (Å²) in [6, 6.07) is 5.88. The molecule has 3 aliphatic rings. The lowest BCUT2D eigenvalue weighted by Gasteiger charge is -2.37. The summed E-state index contributed by atoms with van der Waals surface area (Å²) in [7, 11) is 0. The number of halogens is 2. The van der Waals surface area contributed by atoms with Gasteiger partial charge in [0.15, 0.2) is 0 Å². The van der Waals surface area contributed by atoms with E-state index >= 15 is 0 Å². The lowest BCUT2D eigenvalue weighted by Crippen LogP contribution is -2.57. The van der Waals surface area contributed by atoms with E-state index in [4.69, 9.17) is 21.1 Å². The van der Waals surface area contributed by atoms with Crippen molar-refractivity contribution >= 4 is 51.0 Å². The number of fused-ring (bicyclic) bond motifs is 1. The molecule has 3 unspecified atom stereocenters. The number of β-amino-alcohol motifs (C(OH)–C–C–N with tert-alkyl or cyclic N) is 1. The zero-order chi connectivity index (χ0) is 26.7. The van der Waals surface area contributed by atoms with Crippen LogP contribution in [0.2, 0.25) is 5.02 Å². The Morgan fingerprint density at radius 3 is 2.73 bits per heavy atom. The van der Waals surface area contributed by atoms with Gasteiger partial charge in [0.05, 0.1) is 41.9 Å². The van der Waals surface area contributed by atoms with Crippen LogP contribution in [0.15, 0.2) is 49.6 Å². The van der Waals surface area contributed by atoms with Gasteiger partial charge < -0.3 is 24.4 Å². The van der Waals surface area contributed by atoms with E-state index in [2.05, 4.69) is 29.1 Å². The molecule has 3 heterocycles. The van der Waals surface area contributed by atoms with E-state index in [1.165, 1.54) is 9.80 Å².